The summed E-state index contributed by atoms with van der Waals surface area (Å²) in [5, 5.41) is 0. The van der Waals surface area contributed by atoms with Gasteiger partial charge in [0.15, 0.2) is 0 Å². The molecule has 0 aromatic carbocycles. The molecule has 0 saturated carbocycles. The van der Waals surface area contributed by atoms with Crippen molar-refractivity contribution in [3.8, 4) is 0 Å². The fourth-order valence-corrected chi connectivity index (χ4v) is 2.28. The van der Waals surface area contributed by atoms with Gasteiger partial charge in [-0.1, -0.05) is 12.2 Å². The Morgan fingerprint density at radius 3 is 2.33 bits per heavy atom. The van der Waals surface area contributed by atoms with E-state index in [0.29, 0.717) is 6.61 Å². The minimum atomic E-state index is -0.656. The van der Waals surface area contributed by atoms with E-state index in [1.54, 1.807) is 4.90 Å². The fraction of sp³-hybridized carbons (Fsp3) is 0.786. The molecule has 1 atom stereocenters. The standard InChI is InChI=1S/C14H25NO3/c1-8-9-14(7)10-17-13(5,6)15(14)11(16)18-12(2,3)4/h8-9H,10H2,1-7H3/b9-8-/t14-/m1/s1. The number of allylic oxidation sites excluding steroid dienone is 1. The van der Waals surface area contributed by atoms with Crippen molar-refractivity contribution in [1.29, 1.82) is 0 Å². The highest BCUT2D eigenvalue weighted by molar-refractivity contribution is 5.71. The summed E-state index contributed by atoms with van der Waals surface area (Å²) in [4.78, 5) is 14.0. The van der Waals surface area contributed by atoms with E-state index in [9.17, 15) is 4.79 Å². The molecule has 1 rings (SSSR count). The van der Waals surface area contributed by atoms with E-state index in [1.807, 2.05) is 60.6 Å². The monoisotopic (exact) mass is 255 g/mol. The van der Waals surface area contributed by atoms with Crippen LogP contribution in [0.4, 0.5) is 4.79 Å². The molecular weight excluding hydrogens is 230 g/mol. The summed E-state index contributed by atoms with van der Waals surface area (Å²) in [6.45, 7) is 13.7. The van der Waals surface area contributed by atoms with Gasteiger partial charge in [-0.3, -0.25) is 4.90 Å². The van der Waals surface area contributed by atoms with Crippen LogP contribution < -0.4 is 0 Å². The zero-order chi connectivity index (χ0) is 14.2. The van der Waals surface area contributed by atoms with Crippen molar-refractivity contribution in [2.75, 3.05) is 6.61 Å². The van der Waals surface area contributed by atoms with Crippen LogP contribution in [0.25, 0.3) is 0 Å². The molecule has 0 aliphatic carbocycles. The summed E-state index contributed by atoms with van der Waals surface area (Å²) < 4.78 is 11.2. The first-order valence-corrected chi connectivity index (χ1v) is 6.33. The van der Waals surface area contributed by atoms with Crippen LogP contribution in [0.5, 0.6) is 0 Å². The SMILES string of the molecule is C/C=C\[C@]1(C)COC(C)(C)N1C(=O)OC(C)(C)C. The first kappa shape index (κ1) is 15.0. The van der Waals surface area contributed by atoms with Crippen molar-refractivity contribution in [3.63, 3.8) is 0 Å². The summed E-state index contributed by atoms with van der Waals surface area (Å²) in [5.74, 6) is 0. The molecule has 104 valence electrons. The molecule has 4 nitrogen and oxygen atoms in total. The van der Waals surface area contributed by atoms with Crippen molar-refractivity contribution in [2.24, 2.45) is 0 Å². The predicted molar refractivity (Wildman–Crippen MR) is 71.3 cm³/mol. The van der Waals surface area contributed by atoms with Gasteiger partial charge in [-0.2, -0.15) is 0 Å². The molecule has 0 N–H and O–H groups in total. The maximum atomic E-state index is 12.4. The van der Waals surface area contributed by atoms with Crippen LogP contribution in [0, 0.1) is 0 Å². The molecule has 18 heavy (non-hydrogen) atoms. The number of rotatable bonds is 1. The van der Waals surface area contributed by atoms with Gasteiger partial charge in [0, 0.05) is 0 Å². The molecule has 1 fully saturated rings. The average molecular weight is 255 g/mol. The number of hydrogen-bond donors (Lipinski definition) is 0. The number of nitrogens with zero attached hydrogens (tertiary/aromatic N) is 1. The average Bonchev–Trinajstić information content (AvgIpc) is 2.34. The van der Waals surface area contributed by atoms with E-state index in [2.05, 4.69) is 0 Å². The van der Waals surface area contributed by atoms with Gasteiger partial charge in [0.2, 0.25) is 0 Å². The number of carbonyl (C=O) groups is 1. The number of carbonyl (C=O) groups excluding carboxylic acids is 1. The van der Waals surface area contributed by atoms with Crippen molar-refractivity contribution in [1.82, 2.24) is 4.90 Å². The maximum absolute atomic E-state index is 12.4. The second-order valence-corrected chi connectivity index (χ2v) is 6.41. The lowest BCUT2D eigenvalue weighted by Crippen LogP contribution is -2.54. The number of amides is 1. The molecule has 4 heteroatoms. The molecule has 1 heterocycles. The van der Waals surface area contributed by atoms with Gasteiger partial charge >= 0.3 is 6.09 Å². The Balaban J connectivity index is 3.03. The fourth-order valence-electron chi connectivity index (χ4n) is 2.28. The lowest BCUT2D eigenvalue weighted by molar-refractivity contribution is -0.0651. The van der Waals surface area contributed by atoms with Crippen LogP contribution in [-0.4, -0.2) is 34.5 Å². The third-order valence-corrected chi connectivity index (χ3v) is 2.87. The Morgan fingerprint density at radius 2 is 1.89 bits per heavy atom. The summed E-state index contributed by atoms with van der Waals surface area (Å²) >= 11 is 0. The highest BCUT2D eigenvalue weighted by atomic mass is 16.6. The third kappa shape index (κ3) is 3.05. The Labute approximate surface area is 110 Å². The molecule has 1 saturated heterocycles. The third-order valence-electron chi connectivity index (χ3n) is 2.87. The van der Waals surface area contributed by atoms with E-state index in [0.717, 1.165) is 0 Å². The van der Waals surface area contributed by atoms with E-state index >= 15 is 0 Å². The maximum Gasteiger partial charge on any atom is 0.413 e. The molecule has 0 unspecified atom stereocenters. The molecule has 1 amide bonds. The molecule has 0 spiro atoms. The molecule has 0 bridgehead atoms. The first-order valence-electron chi connectivity index (χ1n) is 6.33. The van der Waals surface area contributed by atoms with E-state index in [4.69, 9.17) is 9.47 Å². The Hall–Kier alpha value is -1.03. The van der Waals surface area contributed by atoms with E-state index in [1.165, 1.54) is 0 Å². The van der Waals surface area contributed by atoms with E-state index in [-0.39, 0.29) is 6.09 Å². The Morgan fingerprint density at radius 1 is 1.33 bits per heavy atom. The van der Waals surface area contributed by atoms with E-state index < -0.39 is 16.9 Å². The van der Waals surface area contributed by atoms with Gasteiger partial charge in [-0.05, 0) is 48.5 Å². The Bertz CT molecular complexity index is 355. The predicted octanol–water partition coefficient (Wildman–Crippen LogP) is 3.32. The second kappa shape index (κ2) is 4.57. The van der Waals surface area contributed by atoms with Gasteiger partial charge in [0.25, 0.3) is 0 Å². The lowest BCUT2D eigenvalue weighted by Gasteiger charge is -2.39. The number of ether oxygens (including phenoxy) is 2. The highest BCUT2D eigenvalue weighted by Crippen LogP contribution is 2.37. The van der Waals surface area contributed by atoms with Gasteiger partial charge < -0.3 is 9.47 Å². The summed E-state index contributed by atoms with van der Waals surface area (Å²) in [6, 6.07) is 0. The second-order valence-electron chi connectivity index (χ2n) is 6.41. The molecule has 1 aliphatic rings. The van der Waals surface area contributed by atoms with Crippen molar-refractivity contribution in [3.05, 3.63) is 12.2 Å². The van der Waals surface area contributed by atoms with Crippen LogP contribution in [0.3, 0.4) is 0 Å². The van der Waals surface area contributed by atoms with Crippen LogP contribution in [0.2, 0.25) is 0 Å². The molecule has 0 aromatic heterocycles. The molecule has 0 radical (unpaired) electrons. The van der Waals surface area contributed by atoms with Crippen molar-refractivity contribution < 1.29 is 14.3 Å². The van der Waals surface area contributed by atoms with Crippen molar-refractivity contribution >= 4 is 6.09 Å². The van der Waals surface area contributed by atoms with Gasteiger partial charge in [0.1, 0.15) is 11.3 Å². The van der Waals surface area contributed by atoms with Crippen molar-refractivity contribution in [2.45, 2.75) is 65.3 Å². The minimum absolute atomic E-state index is 0.342. The lowest BCUT2D eigenvalue weighted by atomic mass is 10.0. The largest absolute Gasteiger partial charge is 0.444 e. The Kier molecular flexibility index (Phi) is 3.82. The molecular formula is C14H25NO3. The summed E-state index contributed by atoms with van der Waals surface area (Å²) in [5.41, 5.74) is -1.62. The smallest absolute Gasteiger partial charge is 0.413 e. The first-order chi connectivity index (χ1) is 8.02. The van der Waals surface area contributed by atoms with Crippen LogP contribution >= 0.6 is 0 Å². The molecule has 1 aliphatic heterocycles. The van der Waals surface area contributed by atoms with Crippen LogP contribution in [0.15, 0.2) is 12.2 Å². The zero-order valence-corrected chi connectivity index (χ0v) is 12.5. The summed E-state index contributed by atoms with van der Waals surface area (Å²) in [7, 11) is 0. The minimum Gasteiger partial charge on any atom is -0.444 e. The number of hydrogen-bond acceptors (Lipinski definition) is 3. The zero-order valence-electron chi connectivity index (χ0n) is 12.5. The van der Waals surface area contributed by atoms with Crippen LogP contribution in [0.1, 0.15) is 48.5 Å². The summed E-state index contributed by atoms with van der Waals surface area (Å²) in [6.07, 6.45) is 3.57. The quantitative estimate of drug-likeness (QED) is 0.675. The topological polar surface area (TPSA) is 38.8 Å². The highest BCUT2D eigenvalue weighted by Gasteiger charge is 2.51. The van der Waals surface area contributed by atoms with Gasteiger partial charge in [-0.15, -0.1) is 0 Å². The normalized spacial score (nSPS) is 27.8. The van der Waals surface area contributed by atoms with Crippen LogP contribution in [-0.2, 0) is 9.47 Å². The van der Waals surface area contributed by atoms with Gasteiger partial charge in [-0.25, -0.2) is 4.79 Å². The molecule has 0 aromatic rings. The van der Waals surface area contributed by atoms with Gasteiger partial charge in [0.05, 0.1) is 12.1 Å².